The third-order valence-corrected chi connectivity index (χ3v) is 2.49. The van der Waals surface area contributed by atoms with Crippen molar-refractivity contribution in [2.45, 2.75) is 31.8 Å². The molecule has 0 spiro atoms. The molecule has 76 valence electrons. The maximum absolute atomic E-state index is 11.6. The van der Waals surface area contributed by atoms with Gasteiger partial charge in [0.2, 0.25) is 5.91 Å². The van der Waals surface area contributed by atoms with Gasteiger partial charge in [-0.3, -0.25) is 9.69 Å². The third kappa shape index (κ3) is 2.67. The van der Waals surface area contributed by atoms with Gasteiger partial charge < -0.3 is 10.4 Å². The summed E-state index contributed by atoms with van der Waals surface area (Å²) in [6.45, 7) is 2.79. The van der Waals surface area contributed by atoms with Crippen molar-refractivity contribution in [3.8, 4) is 0 Å². The molecule has 0 aromatic rings. The lowest BCUT2D eigenvalue weighted by molar-refractivity contribution is -0.125. The summed E-state index contributed by atoms with van der Waals surface area (Å²) in [5.41, 5.74) is 0. The monoisotopic (exact) mass is 186 g/mol. The molecule has 0 radical (unpaired) electrons. The maximum Gasteiger partial charge on any atom is 0.237 e. The zero-order chi connectivity index (χ0) is 9.84. The van der Waals surface area contributed by atoms with Crippen molar-refractivity contribution in [1.29, 1.82) is 0 Å². The number of rotatable bonds is 3. The first kappa shape index (κ1) is 10.5. The number of carbonyl (C=O) groups excluding carboxylic acids is 1. The summed E-state index contributed by atoms with van der Waals surface area (Å²) in [6.07, 6.45) is 2.02. The van der Waals surface area contributed by atoms with Gasteiger partial charge in [0.1, 0.15) is 0 Å². The quantitative estimate of drug-likeness (QED) is 0.629. The van der Waals surface area contributed by atoms with E-state index in [0.717, 1.165) is 19.4 Å². The molecule has 1 rings (SSSR count). The molecule has 1 heterocycles. The van der Waals surface area contributed by atoms with Crippen molar-refractivity contribution in [3.05, 3.63) is 0 Å². The summed E-state index contributed by atoms with van der Waals surface area (Å²) in [5.74, 6) is 0.0431. The summed E-state index contributed by atoms with van der Waals surface area (Å²) < 4.78 is 0. The van der Waals surface area contributed by atoms with Crippen molar-refractivity contribution >= 4 is 5.91 Å². The van der Waals surface area contributed by atoms with Gasteiger partial charge >= 0.3 is 0 Å². The van der Waals surface area contributed by atoms with Gasteiger partial charge in [0, 0.05) is 6.04 Å². The van der Waals surface area contributed by atoms with Gasteiger partial charge in [-0.1, -0.05) is 0 Å². The zero-order valence-electron chi connectivity index (χ0n) is 8.29. The lowest BCUT2D eigenvalue weighted by atomic mass is 10.2. The van der Waals surface area contributed by atoms with Crippen molar-refractivity contribution in [2.24, 2.45) is 0 Å². The Balaban J connectivity index is 2.38. The first-order chi connectivity index (χ1) is 6.15. The molecule has 1 aliphatic rings. The van der Waals surface area contributed by atoms with Crippen LogP contribution in [0.3, 0.4) is 0 Å². The van der Waals surface area contributed by atoms with Gasteiger partial charge in [-0.15, -0.1) is 0 Å². The molecule has 4 nitrogen and oxygen atoms in total. The molecule has 1 aliphatic heterocycles. The van der Waals surface area contributed by atoms with Crippen LogP contribution in [0, 0.1) is 0 Å². The fourth-order valence-corrected chi connectivity index (χ4v) is 1.63. The van der Waals surface area contributed by atoms with E-state index in [1.807, 2.05) is 7.05 Å². The van der Waals surface area contributed by atoms with Crippen LogP contribution in [0.4, 0.5) is 0 Å². The van der Waals surface area contributed by atoms with Gasteiger partial charge in [0.25, 0.3) is 0 Å². The average Bonchev–Trinajstić information content (AvgIpc) is 2.51. The van der Waals surface area contributed by atoms with E-state index in [4.69, 9.17) is 5.11 Å². The van der Waals surface area contributed by atoms with Crippen LogP contribution in [-0.4, -0.2) is 48.2 Å². The van der Waals surface area contributed by atoms with Crippen molar-refractivity contribution in [3.63, 3.8) is 0 Å². The molecule has 4 heteroatoms. The number of nitrogens with zero attached hydrogens (tertiary/aromatic N) is 1. The number of aliphatic hydroxyl groups is 1. The van der Waals surface area contributed by atoms with Gasteiger partial charge in [0.15, 0.2) is 0 Å². The topological polar surface area (TPSA) is 52.6 Å². The second-order valence-corrected chi connectivity index (χ2v) is 3.73. The molecule has 1 amide bonds. The second kappa shape index (κ2) is 4.58. The number of nitrogens with one attached hydrogen (secondary N) is 1. The standard InChI is InChI=1S/C9H18N2O2/c1-7(6-12)10-9(13)8-4-3-5-11(8)2/h7-8,12H,3-6H2,1-2H3,(H,10,13)/t7-,8+/m1/s1. The van der Waals surface area contributed by atoms with Gasteiger partial charge in [-0.2, -0.15) is 0 Å². The Labute approximate surface area is 78.9 Å². The smallest absolute Gasteiger partial charge is 0.237 e. The molecule has 2 N–H and O–H groups in total. The minimum atomic E-state index is -0.137. The Hall–Kier alpha value is -0.610. The number of amides is 1. The molecule has 0 aliphatic carbocycles. The summed E-state index contributed by atoms with van der Waals surface area (Å²) in [7, 11) is 1.96. The van der Waals surface area contributed by atoms with E-state index < -0.39 is 0 Å². The summed E-state index contributed by atoms with van der Waals surface area (Å²) >= 11 is 0. The summed E-state index contributed by atoms with van der Waals surface area (Å²) in [4.78, 5) is 13.6. The van der Waals surface area contributed by atoms with E-state index in [2.05, 4.69) is 10.2 Å². The molecule has 0 bridgehead atoms. The zero-order valence-corrected chi connectivity index (χ0v) is 8.29. The highest BCUT2D eigenvalue weighted by molar-refractivity contribution is 5.82. The number of hydrogen-bond donors (Lipinski definition) is 2. The molecule has 1 saturated heterocycles. The fourth-order valence-electron chi connectivity index (χ4n) is 1.63. The molecule has 13 heavy (non-hydrogen) atoms. The molecule has 0 aromatic heterocycles. The maximum atomic E-state index is 11.6. The van der Waals surface area contributed by atoms with E-state index >= 15 is 0 Å². The molecule has 0 unspecified atom stereocenters. The predicted octanol–water partition coefficient (Wildman–Crippen LogP) is -0.422. The first-order valence-electron chi connectivity index (χ1n) is 4.76. The predicted molar refractivity (Wildman–Crippen MR) is 50.3 cm³/mol. The van der Waals surface area contributed by atoms with Crippen molar-refractivity contribution in [2.75, 3.05) is 20.2 Å². The Morgan fingerprint density at radius 1 is 1.77 bits per heavy atom. The van der Waals surface area contributed by atoms with Gasteiger partial charge in [-0.05, 0) is 33.4 Å². The van der Waals surface area contributed by atoms with Crippen LogP contribution >= 0.6 is 0 Å². The number of aliphatic hydroxyl groups excluding tert-OH is 1. The van der Waals surface area contributed by atoms with Crippen LogP contribution < -0.4 is 5.32 Å². The Kier molecular flexibility index (Phi) is 3.69. The van der Waals surface area contributed by atoms with Crippen LogP contribution in [0.25, 0.3) is 0 Å². The van der Waals surface area contributed by atoms with Gasteiger partial charge in [-0.25, -0.2) is 0 Å². The normalized spacial score (nSPS) is 25.9. The third-order valence-electron chi connectivity index (χ3n) is 2.49. The highest BCUT2D eigenvalue weighted by Gasteiger charge is 2.27. The lowest BCUT2D eigenvalue weighted by Gasteiger charge is -2.20. The largest absolute Gasteiger partial charge is 0.394 e. The van der Waals surface area contributed by atoms with Gasteiger partial charge in [0.05, 0.1) is 12.6 Å². The van der Waals surface area contributed by atoms with Crippen LogP contribution in [-0.2, 0) is 4.79 Å². The summed E-state index contributed by atoms with van der Waals surface area (Å²) in [5, 5.41) is 11.5. The lowest BCUT2D eigenvalue weighted by Crippen LogP contribution is -2.45. The van der Waals surface area contributed by atoms with Crippen molar-refractivity contribution < 1.29 is 9.90 Å². The molecular weight excluding hydrogens is 168 g/mol. The molecular formula is C9H18N2O2. The fraction of sp³-hybridized carbons (Fsp3) is 0.889. The van der Waals surface area contributed by atoms with E-state index in [0.29, 0.717) is 0 Å². The Bertz CT molecular complexity index is 184. The van der Waals surface area contributed by atoms with E-state index in [1.165, 1.54) is 0 Å². The number of likely N-dealkylation sites (tertiary alicyclic amines) is 1. The Morgan fingerprint density at radius 2 is 2.46 bits per heavy atom. The molecule has 0 aromatic carbocycles. The van der Waals surface area contributed by atoms with Crippen LogP contribution in [0.1, 0.15) is 19.8 Å². The SMILES string of the molecule is C[C@H](CO)NC(=O)[C@@H]1CCCN1C. The van der Waals surface area contributed by atoms with Crippen LogP contribution in [0.2, 0.25) is 0 Å². The summed E-state index contributed by atoms with van der Waals surface area (Å²) in [6, 6.07) is -0.129. The van der Waals surface area contributed by atoms with E-state index in [1.54, 1.807) is 6.92 Å². The first-order valence-corrected chi connectivity index (χ1v) is 4.76. The number of hydrogen-bond acceptors (Lipinski definition) is 3. The minimum Gasteiger partial charge on any atom is -0.394 e. The van der Waals surface area contributed by atoms with Crippen LogP contribution in [0.15, 0.2) is 0 Å². The van der Waals surface area contributed by atoms with E-state index in [-0.39, 0.29) is 24.6 Å². The highest BCUT2D eigenvalue weighted by Crippen LogP contribution is 2.14. The van der Waals surface area contributed by atoms with E-state index in [9.17, 15) is 4.79 Å². The molecule has 0 saturated carbocycles. The average molecular weight is 186 g/mol. The Morgan fingerprint density at radius 3 is 2.92 bits per heavy atom. The van der Waals surface area contributed by atoms with Crippen molar-refractivity contribution in [1.82, 2.24) is 10.2 Å². The number of likely N-dealkylation sites (N-methyl/N-ethyl adjacent to an activating group) is 1. The second-order valence-electron chi connectivity index (χ2n) is 3.73. The van der Waals surface area contributed by atoms with Crippen LogP contribution in [0.5, 0.6) is 0 Å². The molecule has 2 atom stereocenters. The molecule has 1 fully saturated rings. The number of carbonyl (C=O) groups is 1. The minimum absolute atomic E-state index is 0.00216. The highest BCUT2D eigenvalue weighted by atomic mass is 16.3.